The zero-order valence-corrected chi connectivity index (χ0v) is 12.5. The van der Waals surface area contributed by atoms with Crippen molar-refractivity contribution in [3.8, 4) is 0 Å². The molecular formula is C12H20O6Si. The number of carbonyl (C=O) groups excluding carboxylic acids is 3. The quantitative estimate of drug-likeness (QED) is 0.275. The fourth-order valence-electron chi connectivity index (χ4n) is 1.08. The first-order valence-corrected chi connectivity index (χ1v) is 7.97. The second-order valence-corrected chi connectivity index (χ2v) is 5.54. The number of ether oxygens (including phenoxy) is 1. The molecule has 0 saturated carbocycles. The summed E-state index contributed by atoms with van der Waals surface area (Å²) in [7, 11) is -2.37. The minimum Gasteiger partial charge on any atom is -0.487 e. The summed E-state index contributed by atoms with van der Waals surface area (Å²) in [6.07, 6.45) is 2.02. The van der Waals surface area contributed by atoms with Gasteiger partial charge in [0.1, 0.15) is 0 Å². The highest BCUT2D eigenvalue weighted by Gasteiger charge is 2.21. The minimum atomic E-state index is -2.37. The lowest BCUT2D eigenvalue weighted by Gasteiger charge is -2.15. The molecule has 6 nitrogen and oxygen atoms in total. The summed E-state index contributed by atoms with van der Waals surface area (Å²) >= 11 is 0. The lowest BCUT2D eigenvalue weighted by Crippen LogP contribution is -2.29. The summed E-state index contributed by atoms with van der Waals surface area (Å²) < 4.78 is 15.0. The molecule has 7 heteroatoms. The van der Waals surface area contributed by atoms with Crippen molar-refractivity contribution in [1.29, 1.82) is 0 Å². The number of esters is 1. The molecule has 0 aromatic heterocycles. The van der Waals surface area contributed by atoms with Gasteiger partial charge in [0, 0.05) is 25.0 Å². The van der Waals surface area contributed by atoms with E-state index in [9.17, 15) is 14.4 Å². The van der Waals surface area contributed by atoms with E-state index in [0.29, 0.717) is 12.5 Å². The molecule has 0 radical (unpaired) electrons. The standard InChI is InChI=1S/C12H20O6Si/c1-4-10(13)16-8-7-9-19(17-11(14)5-2)18-12(15)6-3/h4,19H,1,5-9H2,2-3H3. The predicted molar refractivity (Wildman–Crippen MR) is 70.5 cm³/mol. The van der Waals surface area contributed by atoms with Crippen molar-refractivity contribution in [3.63, 3.8) is 0 Å². The van der Waals surface area contributed by atoms with Crippen LogP contribution in [0.2, 0.25) is 6.04 Å². The zero-order valence-electron chi connectivity index (χ0n) is 11.3. The van der Waals surface area contributed by atoms with Crippen LogP contribution in [0.4, 0.5) is 0 Å². The maximum absolute atomic E-state index is 11.2. The maximum Gasteiger partial charge on any atom is 0.448 e. The van der Waals surface area contributed by atoms with Crippen molar-refractivity contribution in [1.82, 2.24) is 0 Å². The van der Waals surface area contributed by atoms with E-state index in [4.69, 9.17) is 13.6 Å². The molecule has 0 amide bonds. The van der Waals surface area contributed by atoms with Crippen LogP contribution in [0, 0.1) is 0 Å². The van der Waals surface area contributed by atoms with E-state index in [-0.39, 0.29) is 31.4 Å². The smallest absolute Gasteiger partial charge is 0.448 e. The number of hydrogen-bond acceptors (Lipinski definition) is 6. The van der Waals surface area contributed by atoms with E-state index in [1.54, 1.807) is 13.8 Å². The SMILES string of the molecule is C=CC(=O)OCCC[SiH](OC(=O)CC)OC(=O)CC. The molecule has 0 N–H and O–H groups in total. The summed E-state index contributed by atoms with van der Waals surface area (Å²) in [5.74, 6) is -1.28. The van der Waals surface area contributed by atoms with Crippen LogP contribution in [-0.2, 0) is 28.0 Å². The van der Waals surface area contributed by atoms with Crippen LogP contribution in [0.1, 0.15) is 33.1 Å². The highest BCUT2D eigenvalue weighted by atomic mass is 28.3. The van der Waals surface area contributed by atoms with Crippen LogP contribution < -0.4 is 0 Å². The second kappa shape index (κ2) is 10.3. The first kappa shape index (κ1) is 17.4. The Bertz CT molecular complexity index is 310. The third-order valence-electron chi connectivity index (χ3n) is 2.10. The van der Waals surface area contributed by atoms with Gasteiger partial charge in [-0.25, -0.2) is 4.79 Å². The Balaban J connectivity index is 4.10. The number of hydrogen-bond donors (Lipinski definition) is 0. The van der Waals surface area contributed by atoms with Crippen molar-refractivity contribution in [2.45, 2.75) is 39.2 Å². The van der Waals surface area contributed by atoms with Crippen LogP contribution in [0.3, 0.4) is 0 Å². The van der Waals surface area contributed by atoms with Gasteiger partial charge in [0.15, 0.2) is 0 Å². The molecule has 0 saturated heterocycles. The molecule has 0 fully saturated rings. The van der Waals surface area contributed by atoms with Gasteiger partial charge in [-0.1, -0.05) is 20.4 Å². The average molecular weight is 288 g/mol. The molecule has 0 atom stereocenters. The molecule has 0 heterocycles. The molecule has 0 aromatic carbocycles. The average Bonchev–Trinajstić information content (AvgIpc) is 2.42. The zero-order chi connectivity index (χ0) is 14.7. The third kappa shape index (κ3) is 9.01. The van der Waals surface area contributed by atoms with E-state index in [1.165, 1.54) is 0 Å². The fraction of sp³-hybridized carbons (Fsp3) is 0.583. The fourth-order valence-corrected chi connectivity index (χ4v) is 2.79. The van der Waals surface area contributed by atoms with E-state index in [1.807, 2.05) is 0 Å². The van der Waals surface area contributed by atoms with Gasteiger partial charge >= 0.3 is 15.3 Å². The van der Waals surface area contributed by atoms with E-state index >= 15 is 0 Å². The normalized spacial score (nSPS) is 9.84. The predicted octanol–water partition coefficient (Wildman–Crippen LogP) is 1.23. The Morgan fingerprint density at radius 3 is 2.05 bits per heavy atom. The Hall–Kier alpha value is -1.63. The Morgan fingerprint density at radius 2 is 1.63 bits per heavy atom. The summed E-state index contributed by atoms with van der Waals surface area (Å²) in [4.78, 5) is 33.2. The molecule has 0 spiro atoms. The Morgan fingerprint density at radius 1 is 1.11 bits per heavy atom. The summed E-state index contributed by atoms with van der Waals surface area (Å²) in [6, 6.07) is 0.419. The van der Waals surface area contributed by atoms with Crippen molar-refractivity contribution in [3.05, 3.63) is 12.7 Å². The molecule has 0 aliphatic rings. The molecular weight excluding hydrogens is 268 g/mol. The van der Waals surface area contributed by atoms with Crippen molar-refractivity contribution < 1.29 is 28.0 Å². The van der Waals surface area contributed by atoms with Crippen LogP contribution in [-0.4, -0.2) is 33.8 Å². The van der Waals surface area contributed by atoms with Gasteiger partial charge in [0.25, 0.3) is 11.9 Å². The lowest BCUT2D eigenvalue weighted by atomic mass is 10.5. The molecule has 108 valence electrons. The van der Waals surface area contributed by atoms with E-state index in [0.717, 1.165) is 6.08 Å². The van der Waals surface area contributed by atoms with Crippen molar-refractivity contribution in [2.24, 2.45) is 0 Å². The molecule has 0 aliphatic heterocycles. The van der Waals surface area contributed by atoms with Gasteiger partial charge in [-0.3, -0.25) is 9.59 Å². The molecule has 0 bridgehead atoms. The highest BCUT2D eigenvalue weighted by Crippen LogP contribution is 2.05. The first-order valence-electron chi connectivity index (χ1n) is 6.21. The van der Waals surface area contributed by atoms with Gasteiger partial charge in [0.2, 0.25) is 0 Å². The Kier molecular flexibility index (Phi) is 9.42. The largest absolute Gasteiger partial charge is 0.487 e. The van der Waals surface area contributed by atoms with Gasteiger partial charge in [-0.05, 0) is 6.42 Å². The van der Waals surface area contributed by atoms with Crippen molar-refractivity contribution >= 4 is 27.2 Å². The molecule has 0 aliphatic carbocycles. The Labute approximate surface area is 114 Å². The molecule has 0 rings (SSSR count). The molecule has 0 unspecified atom stereocenters. The number of carbonyl (C=O) groups is 3. The second-order valence-electron chi connectivity index (χ2n) is 3.63. The molecule has 0 aromatic rings. The highest BCUT2D eigenvalue weighted by molar-refractivity contribution is 6.48. The topological polar surface area (TPSA) is 78.9 Å². The summed E-state index contributed by atoms with van der Waals surface area (Å²) in [6.45, 7) is 6.79. The van der Waals surface area contributed by atoms with Crippen LogP contribution in [0.15, 0.2) is 12.7 Å². The monoisotopic (exact) mass is 288 g/mol. The van der Waals surface area contributed by atoms with E-state index < -0.39 is 15.3 Å². The summed E-state index contributed by atoms with van der Waals surface area (Å²) in [5.41, 5.74) is 0. The van der Waals surface area contributed by atoms with Crippen LogP contribution in [0.25, 0.3) is 0 Å². The van der Waals surface area contributed by atoms with Gasteiger partial charge in [-0.15, -0.1) is 0 Å². The lowest BCUT2D eigenvalue weighted by molar-refractivity contribution is -0.141. The van der Waals surface area contributed by atoms with E-state index in [2.05, 4.69) is 6.58 Å². The van der Waals surface area contributed by atoms with Gasteiger partial charge in [0.05, 0.1) is 6.61 Å². The number of rotatable bonds is 9. The maximum atomic E-state index is 11.2. The minimum absolute atomic E-state index is 0.182. The summed E-state index contributed by atoms with van der Waals surface area (Å²) in [5, 5.41) is 0. The third-order valence-corrected chi connectivity index (χ3v) is 4.03. The van der Waals surface area contributed by atoms with Crippen LogP contribution >= 0.6 is 0 Å². The van der Waals surface area contributed by atoms with Crippen molar-refractivity contribution in [2.75, 3.05) is 6.61 Å². The van der Waals surface area contributed by atoms with Gasteiger partial charge < -0.3 is 13.6 Å². The van der Waals surface area contributed by atoms with Gasteiger partial charge in [-0.2, -0.15) is 0 Å². The first-order chi connectivity index (χ1) is 9.03. The van der Waals surface area contributed by atoms with Crippen LogP contribution in [0.5, 0.6) is 0 Å². The molecule has 19 heavy (non-hydrogen) atoms.